The average molecular weight is 432 g/mol. The van der Waals surface area contributed by atoms with Crippen LogP contribution in [0.3, 0.4) is 0 Å². The first-order chi connectivity index (χ1) is 15.3. The standard InChI is InChI=1S/C24H20N2O6/c1-15-6-2-5-9-20(15)26-21(27)14-32-24(31)16-10-12-17(13-11-16)25-22(28)18-7-3-4-8-19(18)23(29)30/h2-13H,14H2,1H3,(H,25,28)(H,26,27)(H,29,30). The number of carboxylic acid groups (broad SMARTS) is 1. The Morgan fingerprint density at radius 1 is 0.812 bits per heavy atom. The summed E-state index contributed by atoms with van der Waals surface area (Å²) >= 11 is 0. The Bertz CT molecular complexity index is 1170. The highest BCUT2D eigenvalue weighted by molar-refractivity contribution is 6.10. The zero-order valence-electron chi connectivity index (χ0n) is 17.1. The SMILES string of the molecule is Cc1ccccc1NC(=O)COC(=O)c1ccc(NC(=O)c2ccccc2C(=O)O)cc1. The Morgan fingerprint density at radius 2 is 1.44 bits per heavy atom. The Balaban J connectivity index is 1.56. The van der Waals surface area contributed by atoms with Crippen LogP contribution in [0.2, 0.25) is 0 Å². The molecule has 32 heavy (non-hydrogen) atoms. The van der Waals surface area contributed by atoms with Crippen LogP contribution >= 0.6 is 0 Å². The molecule has 3 aromatic carbocycles. The first-order valence-corrected chi connectivity index (χ1v) is 9.61. The van der Waals surface area contributed by atoms with Crippen molar-refractivity contribution in [1.82, 2.24) is 0 Å². The number of nitrogens with one attached hydrogen (secondary N) is 2. The lowest BCUT2D eigenvalue weighted by Crippen LogP contribution is -2.21. The van der Waals surface area contributed by atoms with Crippen molar-refractivity contribution >= 4 is 35.1 Å². The van der Waals surface area contributed by atoms with Gasteiger partial charge in [0.2, 0.25) is 0 Å². The van der Waals surface area contributed by atoms with E-state index < -0.39 is 30.4 Å². The van der Waals surface area contributed by atoms with Crippen molar-refractivity contribution in [2.45, 2.75) is 6.92 Å². The summed E-state index contributed by atoms with van der Waals surface area (Å²) in [5.74, 6) is -2.96. The third kappa shape index (κ3) is 5.57. The van der Waals surface area contributed by atoms with E-state index in [0.717, 1.165) is 5.56 Å². The number of carboxylic acids is 1. The summed E-state index contributed by atoms with van der Waals surface area (Å²) in [6.07, 6.45) is 0. The molecule has 0 aliphatic carbocycles. The van der Waals surface area contributed by atoms with Gasteiger partial charge in [-0.15, -0.1) is 0 Å². The van der Waals surface area contributed by atoms with E-state index in [-0.39, 0.29) is 16.7 Å². The largest absolute Gasteiger partial charge is 0.478 e. The number of amides is 2. The molecule has 0 spiro atoms. The summed E-state index contributed by atoms with van der Waals surface area (Å²) < 4.78 is 5.03. The van der Waals surface area contributed by atoms with Gasteiger partial charge >= 0.3 is 11.9 Å². The van der Waals surface area contributed by atoms with Crippen molar-refractivity contribution in [1.29, 1.82) is 0 Å². The van der Waals surface area contributed by atoms with E-state index in [1.165, 1.54) is 42.5 Å². The zero-order valence-corrected chi connectivity index (χ0v) is 17.1. The van der Waals surface area contributed by atoms with E-state index in [4.69, 9.17) is 4.74 Å². The summed E-state index contributed by atoms with van der Waals surface area (Å²) in [6, 6.07) is 18.9. The molecule has 0 aliphatic rings. The number of anilines is 2. The number of para-hydroxylation sites is 1. The van der Waals surface area contributed by atoms with Crippen LogP contribution in [0, 0.1) is 6.92 Å². The summed E-state index contributed by atoms with van der Waals surface area (Å²) in [6.45, 7) is 1.40. The predicted molar refractivity (Wildman–Crippen MR) is 118 cm³/mol. The molecule has 0 aliphatic heterocycles. The minimum absolute atomic E-state index is 0.0168. The number of hydrogen-bond acceptors (Lipinski definition) is 5. The van der Waals surface area contributed by atoms with Gasteiger partial charge in [-0.1, -0.05) is 30.3 Å². The second kappa shape index (κ2) is 10.0. The lowest BCUT2D eigenvalue weighted by Gasteiger charge is -2.10. The number of hydrogen-bond donors (Lipinski definition) is 3. The van der Waals surface area contributed by atoms with Crippen LogP contribution in [0.15, 0.2) is 72.8 Å². The molecule has 8 heteroatoms. The van der Waals surface area contributed by atoms with E-state index in [1.54, 1.807) is 18.2 Å². The third-order valence-electron chi connectivity index (χ3n) is 4.53. The van der Waals surface area contributed by atoms with E-state index in [0.29, 0.717) is 11.4 Å². The maximum atomic E-state index is 12.4. The lowest BCUT2D eigenvalue weighted by atomic mass is 10.1. The molecular formula is C24H20N2O6. The second-order valence-corrected chi connectivity index (χ2v) is 6.82. The molecule has 3 aromatic rings. The summed E-state index contributed by atoms with van der Waals surface area (Å²) in [7, 11) is 0. The highest BCUT2D eigenvalue weighted by Gasteiger charge is 2.16. The van der Waals surface area contributed by atoms with Crippen LogP contribution in [0.4, 0.5) is 11.4 Å². The molecule has 0 heterocycles. The summed E-state index contributed by atoms with van der Waals surface area (Å²) in [5, 5.41) is 14.5. The van der Waals surface area contributed by atoms with Crippen molar-refractivity contribution in [3.8, 4) is 0 Å². The van der Waals surface area contributed by atoms with E-state index in [2.05, 4.69) is 10.6 Å². The molecule has 8 nitrogen and oxygen atoms in total. The smallest absolute Gasteiger partial charge is 0.338 e. The quantitative estimate of drug-likeness (QED) is 0.489. The maximum Gasteiger partial charge on any atom is 0.338 e. The highest BCUT2D eigenvalue weighted by atomic mass is 16.5. The van der Waals surface area contributed by atoms with Crippen LogP contribution in [-0.2, 0) is 9.53 Å². The van der Waals surface area contributed by atoms with E-state index in [9.17, 15) is 24.3 Å². The number of rotatable bonds is 7. The van der Waals surface area contributed by atoms with Gasteiger partial charge in [-0.3, -0.25) is 9.59 Å². The molecule has 0 unspecified atom stereocenters. The van der Waals surface area contributed by atoms with Crippen LogP contribution in [0.1, 0.15) is 36.6 Å². The number of benzene rings is 3. The molecule has 0 atom stereocenters. The minimum Gasteiger partial charge on any atom is -0.478 e. The molecule has 0 saturated heterocycles. The van der Waals surface area contributed by atoms with Gasteiger partial charge in [0.25, 0.3) is 11.8 Å². The predicted octanol–water partition coefficient (Wildman–Crippen LogP) is 3.74. The maximum absolute atomic E-state index is 12.4. The third-order valence-corrected chi connectivity index (χ3v) is 4.53. The molecule has 162 valence electrons. The van der Waals surface area contributed by atoms with Crippen LogP contribution in [0.5, 0.6) is 0 Å². The van der Waals surface area contributed by atoms with Gasteiger partial charge < -0.3 is 20.5 Å². The Labute approximate surface area is 183 Å². The van der Waals surface area contributed by atoms with Gasteiger partial charge in [0.05, 0.1) is 16.7 Å². The van der Waals surface area contributed by atoms with Crippen molar-refractivity contribution in [3.05, 3.63) is 95.1 Å². The molecule has 0 saturated carbocycles. The normalized spacial score (nSPS) is 10.2. The minimum atomic E-state index is -1.21. The molecule has 0 aromatic heterocycles. The van der Waals surface area contributed by atoms with Crippen LogP contribution < -0.4 is 10.6 Å². The first-order valence-electron chi connectivity index (χ1n) is 9.61. The van der Waals surface area contributed by atoms with Crippen molar-refractivity contribution in [2.75, 3.05) is 17.2 Å². The molecule has 0 bridgehead atoms. The van der Waals surface area contributed by atoms with Gasteiger partial charge in [-0.05, 0) is 55.0 Å². The summed E-state index contributed by atoms with van der Waals surface area (Å²) in [4.78, 5) is 47.9. The van der Waals surface area contributed by atoms with Crippen LogP contribution in [-0.4, -0.2) is 35.5 Å². The number of carbonyl (C=O) groups is 4. The second-order valence-electron chi connectivity index (χ2n) is 6.82. The highest BCUT2D eigenvalue weighted by Crippen LogP contribution is 2.16. The Kier molecular flexibility index (Phi) is 6.97. The number of esters is 1. The molecular weight excluding hydrogens is 412 g/mol. The summed E-state index contributed by atoms with van der Waals surface area (Å²) in [5.41, 5.74) is 1.98. The van der Waals surface area contributed by atoms with Crippen LogP contribution in [0.25, 0.3) is 0 Å². The first kappa shape index (κ1) is 22.2. The molecule has 0 fully saturated rings. The number of ether oxygens (including phenoxy) is 1. The topological polar surface area (TPSA) is 122 Å². The van der Waals surface area contributed by atoms with Gasteiger partial charge in [0.15, 0.2) is 6.61 Å². The molecule has 2 amide bonds. The zero-order chi connectivity index (χ0) is 23.1. The van der Waals surface area contributed by atoms with Gasteiger partial charge in [-0.2, -0.15) is 0 Å². The fourth-order valence-electron chi connectivity index (χ4n) is 2.87. The molecule has 3 N–H and O–H groups in total. The number of aryl methyl sites for hydroxylation is 1. The monoisotopic (exact) mass is 432 g/mol. The fraction of sp³-hybridized carbons (Fsp3) is 0.0833. The van der Waals surface area contributed by atoms with Crippen molar-refractivity contribution in [3.63, 3.8) is 0 Å². The van der Waals surface area contributed by atoms with Gasteiger partial charge in [-0.25, -0.2) is 9.59 Å². The number of carbonyl (C=O) groups excluding carboxylic acids is 3. The fourth-order valence-corrected chi connectivity index (χ4v) is 2.87. The average Bonchev–Trinajstić information content (AvgIpc) is 2.79. The van der Waals surface area contributed by atoms with Gasteiger partial charge in [0.1, 0.15) is 0 Å². The number of aromatic carboxylic acids is 1. The van der Waals surface area contributed by atoms with Gasteiger partial charge in [0, 0.05) is 11.4 Å². The Morgan fingerprint density at radius 3 is 2.09 bits per heavy atom. The molecule has 3 rings (SSSR count). The Hall–Kier alpha value is -4.46. The van der Waals surface area contributed by atoms with Crippen molar-refractivity contribution in [2.24, 2.45) is 0 Å². The van der Waals surface area contributed by atoms with E-state index >= 15 is 0 Å². The van der Waals surface area contributed by atoms with E-state index in [1.807, 2.05) is 19.1 Å². The lowest BCUT2D eigenvalue weighted by molar-refractivity contribution is -0.119. The van der Waals surface area contributed by atoms with Crippen molar-refractivity contribution < 1.29 is 29.0 Å². The molecule has 0 radical (unpaired) electrons.